The van der Waals surface area contributed by atoms with Crippen LogP contribution in [0.4, 0.5) is 5.95 Å². The SMILES string of the molecule is C[C@@H]1c2[nH]c(N)nc2[C@@]2(O)C[C@]1(C)c1cc(-c3cnc(-c4c[nH]c5cc(Br)ccc45)c(=O)[nH]3)[nH]c1C2=O. The molecule has 11 heteroatoms. The van der Waals surface area contributed by atoms with Gasteiger partial charge in [-0.25, -0.2) is 9.97 Å². The summed E-state index contributed by atoms with van der Waals surface area (Å²) in [5.41, 5.74) is 8.05. The zero-order valence-corrected chi connectivity index (χ0v) is 21.4. The van der Waals surface area contributed by atoms with Crippen LogP contribution in [0.25, 0.3) is 33.5 Å². The molecule has 0 spiro atoms. The maximum absolute atomic E-state index is 13.6. The van der Waals surface area contributed by atoms with Gasteiger partial charge in [-0.05, 0) is 30.2 Å². The van der Waals surface area contributed by atoms with E-state index >= 15 is 0 Å². The van der Waals surface area contributed by atoms with Crippen LogP contribution in [-0.2, 0) is 11.0 Å². The van der Waals surface area contributed by atoms with E-state index in [0.29, 0.717) is 28.3 Å². The third-order valence-corrected chi connectivity index (χ3v) is 8.66. The second-order valence-corrected chi connectivity index (χ2v) is 11.1. The van der Waals surface area contributed by atoms with E-state index in [-0.39, 0.29) is 35.2 Å². The van der Waals surface area contributed by atoms with E-state index in [1.807, 2.05) is 38.1 Å². The lowest BCUT2D eigenvalue weighted by atomic mass is 9.55. The van der Waals surface area contributed by atoms with Gasteiger partial charge < -0.3 is 30.8 Å². The fourth-order valence-electron chi connectivity index (χ4n) is 6.10. The maximum Gasteiger partial charge on any atom is 0.275 e. The van der Waals surface area contributed by atoms with Gasteiger partial charge >= 0.3 is 0 Å². The predicted octanol–water partition coefficient (Wildman–Crippen LogP) is 3.83. The number of rotatable bonds is 2. The number of halogens is 1. The molecule has 0 aliphatic heterocycles. The topological polar surface area (TPSA) is 169 Å². The summed E-state index contributed by atoms with van der Waals surface area (Å²) in [7, 11) is 0. The molecule has 7 rings (SSSR count). The normalized spacial score (nSPS) is 24.3. The molecule has 2 bridgehead atoms. The molecule has 7 N–H and O–H groups in total. The van der Waals surface area contributed by atoms with Gasteiger partial charge in [-0.1, -0.05) is 35.8 Å². The second kappa shape index (κ2) is 7.08. The van der Waals surface area contributed by atoms with Crippen molar-refractivity contribution in [2.24, 2.45) is 0 Å². The summed E-state index contributed by atoms with van der Waals surface area (Å²) >= 11 is 3.46. The van der Waals surface area contributed by atoms with Crippen LogP contribution in [0, 0.1) is 0 Å². The Bertz CT molecular complexity index is 1850. The first-order chi connectivity index (χ1) is 17.6. The molecule has 2 aliphatic carbocycles. The van der Waals surface area contributed by atoms with Crippen molar-refractivity contribution in [1.82, 2.24) is 29.9 Å². The smallest absolute Gasteiger partial charge is 0.275 e. The van der Waals surface area contributed by atoms with Crippen molar-refractivity contribution >= 4 is 38.6 Å². The Labute approximate surface area is 217 Å². The van der Waals surface area contributed by atoms with Crippen molar-refractivity contribution in [1.29, 1.82) is 0 Å². The Morgan fingerprint density at radius 2 is 1.97 bits per heavy atom. The molecular formula is C26H22BrN7O3. The Morgan fingerprint density at radius 1 is 1.16 bits per heavy atom. The van der Waals surface area contributed by atoms with Gasteiger partial charge in [0.25, 0.3) is 5.56 Å². The van der Waals surface area contributed by atoms with E-state index in [9.17, 15) is 14.7 Å². The number of imidazole rings is 1. The third kappa shape index (κ3) is 2.83. The number of Topliss-reactive ketones (excluding diaryl/α,β-unsaturated/α-hetero) is 1. The van der Waals surface area contributed by atoms with Crippen molar-refractivity contribution in [3.63, 3.8) is 0 Å². The third-order valence-electron chi connectivity index (χ3n) is 8.16. The molecule has 4 aromatic heterocycles. The number of anilines is 1. The minimum Gasteiger partial charge on any atom is -0.375 e. The molecule has 10 nitrogen and oxygen atoms in total. The van der Waals surface area contributed by atoms with Crippen molar-refractivity contribution in [3.8, 4) is 22.6 Å². The van der Waals surface area contributed by atoms with Crippen LogP contribution in [0.1, 0.15) is 53.6 Å². The van der Waals surface area contributed by atoms with Crippen LogP contribution in [0.2, 0.25) is 0 Å². The van der Waals surface area contributed by atoms with Gasteiger partial charge in [0.2, 0.25) is 5.78 Å². The molecule has 0 saturated carbocycles. The molecule has 5 aromatic rings. The zero-order chi connectivity index (χ0) is 25.9. The van der Waals surface area contributed by atoms with Gasteiger partial charge in [-0.3, -0.25) is 9.59 Å². The highest BCUT2D eigenvalue weighted by Crippen LogP contribution is 2.57. The Hall–Kier alpha value is -3.96. The number of hydrogen-bond acceptors (Lipinski definition) is 6. The number of fused-ring (bicyclic) bond motifs is 7. The number of nitrogen functional groups attached to an aromatic ring is 1. The molecule has 0 fully saturated rings. The first-order valence-electron chi connectivity index (χ1n) is 11.8. The lowest BCUT2D eigenvalue weighted by molar-refractivity contribution is -0.00705. The molecule has 0 radical (unpaired) electrons. The number of ketones is 1. The van der Waals surface area contributed by atoms with Gasteiger partial charge in [-0.15, -0.1) is 0 Å². The minimum absolute atomic E-state index is 0.0930. The number of H-pyrrole nitrogens is 4. The second-order valence-electron chi connectivity index (χ2n) is 10.2. The van der Waals surface area contributed by atoms with E-state index in [0.717, 1.165) is 20.9 Å². The Balaban J connectivity index is 1.33. The minimum atomic E-state index is -1.79. The lowest BCUT2D eigenvalue weighted by Crippen LogP contribution is -2.53. The van der Waals surface area contributed by atoms with Crippen molar-refractivity contribution in [3.05, 3.63) is 74.1 Å². The fourth-order valence-corrected chi connectivity index (χ4v) is 6.46. The van der Waals surface area contributed by atoms with Gasteiger partial charge in [0.1, 0.15) is 11.4 Å². The molecule has 2 aliphatic rings. The van der Waals surface area contributed by atoms with E-state index in [1.54, 1.807) is 12.4 Å². The van der Waals surface area contributed by atoms with Crippen LogP contribution in [0.15, 0.2) is 45.9 Å². The number of aromatic amines is 4. The number of benzene rings is 1. The first-order valence-corrected chi connectivity index (χ1v) is 12.6. The number of aliphatic hydroxyl groups is 1. The van der Waals surface area contributed by atoms with Gasteiger partial charge in [-0.2, -0.15) is 0 Å². The summed E-state index contributed by atoms with van der Waals surface area (Å²) in [5.74, 6) is -0.391. The van der Waals surface area contributed by atoms with Crippen molar-refractivity contribution < 1.29 is 9.90 Å². The highest BCUT2D eigenvalue weighted by atomic mass is 79.9. The highest BCUT2D eigenvalue weighted by molar-refractivity contribution is 9.10. The van der Waals surface area contributed by atoms with Crippen LogP contribution in [0.3, 0.4) is 0 Å². The lowest BCUT2D eigenvalue weighted by Gasteiger charge is -2.49. The van der Waals surface area contributed by atoms with Gasteiger partial charge in [0.05, 0.1) is 23.3 Å². The molecule has 186 valence electrons. The molecule has 3 atom stereocenters. The van der Waals surface area contributed by atoms with Crippen molar-refractivity contribution in [2.45, 2.75) is 37.2 Å². The number of carbonyl (C=O) groups excluding carboxylic acids is 1. The van der Waals surface area contributed by atoms with Crippen LogP contribution in [-0.4, -0.2) is 40.8 Å². The van der Waals surface area contributed by atoms with E-state index in [2.05, 4.69) is 45.8 Å². The number of aromatic nitrogens is 6. The zero-order valence-electron chi connectivity index (χ0n) is 19.9. The molecule has 0 saturated heterocycles. The summed E-state index contributed by atoms with van der Waals surface area (Å²) in [6.07, 6.45) is 3.53. The van der Waals surface area contributed by atoms with Gasteiger partial charge in [0.15, 0.2) is 11.5 Å². The van der Waals surface area contributed by atoms with Crippen LogP contribution < -0.4 is 11.3 Å². The van der Waals surface area contributed by atoms with Crippen LogP contribution >= 0.6 is 15.9 Å². The number of nitrogens with one attached hydrogen (secondary N) is 4. The Kier molecular flexibility index (Phi) is 4.26. The van der Waals surface area contributed by atoms with Gasteiger partial charge in [0, 0.05) is 44.2 Å². The standard InChI is InChI=1S/C26H22BrN7O3/c1-10-18-21(34-24(28)33-18)26(37)9-25(10,2)14-6-16(31-20(14)22(26)35)17-8-30-19(23(36)32-17)13-7-29-15-5-11(27)3-4-12(13)15/h3-8,10,29,31,37H,9H2,1-2H3,(H,32,36)(H3,28,33,34)/t10-,25+,26+/m1/s1. The average molecular weight is 560 g/mol. The first kappa shape index (κ1) is 22.3. The van der Waals surface area contributed by atoms with E-state index in [1.165, 1.54) is 0 Å². The highest BCUT2D eigenvalue weighted by Gasteiger charge is 2.60. The number of carbonyl (C=O) groups is 1. The van der Waals surface area contributed by atoms with E-state index < -0.39 is 16.8 Å². The summed E-state index contributed by atoms with van der Waals surface area (Å²) in [4.78, 5) is 47.7. The number of hydrogen-bond donors (Lipinski definition) is 6. The summed E-state index contributed by atoms with van der Waals surface area (Å²) in [6.45, 7) is 4.05. The van der Waals surface area contributed by atoms with E-state index in [4.69, 9.17) is 5.73 Å². The molecule has 0 unspecified atom stereocenters. The van der Waals surface area contributed by atoms with Crippen LogP contribution in [0.5, 0.6) is 0 Å². The predicted molar refractivity (Wildman–Crippen MR) is 141 cm³/mol. The quantitative estimate of drug-likeness (QED) is 0.192. The summed E-state index contributed by atoms with van der Waals surface area (Å²) in [5, 5.41) is 12.4. The summed E-state index contributed by atoms with van der Waals surface area (Å²) < 4.78 is 0.930. The molecular weight excluding hydrogens is 538 g/mol. The number of nitrogens with two attached hydrogens (primary N) is 1. The summed E-state index contributed by atoms with van der Waals surface area (Å²) in [6, 6.07) is 7.64. The fraction of sp³-hybridized carbons (Fsp3) is 0.231. The molecule has 37 heavy (non-hydrogen) atoms. The maximum atomic E-state index is 13.6. The molecule has 1 aromatic carbocycles. The number of nitrogens with zero attached hydrogens (tertiary/aromatic N) is 2. The Morgan fingerprint density at radius 3 is 2.76 bits per heavy atom. The molecule has 0 amide bonds. The largest absolute Gasteiger partial charge is 0.375 e. The average Bonchev–Trinajstić information content (AvgIpc) is 3.58. The molecule has 4 heterocycles. The monoisotopic (exact) mass is 559 g/mol. The van der Waals surface area contributed by atoms with Crippen molar-refractivity contribution in [2.75, 3.05) is 5.73 Å².